The van der Waals surface area contributed by atoms with E-state index < -0.39 is 0 Å². The summed E-state index contributed by atoms with van der Waals surface area (Å²) in [4.78, 5) is 11.4. The molecule has 1 fully saturated rings. The zero-order chi connectivity index (χ0) is 8.32. The van der Waals surface area contributed by atoms with Crippen LogP contribution in [-0.2, 0) is 4.79 Å². The van der Waals surface area contributed by atoms with Crippen molar-refractivity contribution in [3.63, 3.8) is 0 Å². The molecule has 1 aliphatic heterocycles. The average Bonchev–Trinajstić information content (AvgIpc) is 2.38. The third kappa shape index (κ3) is 1.61. The van der Waals surface area contributed by atoms with Gasteiger partial charge in [0.25, 0.3) is 0 Å². The number of hydrogen-bond donors (Lipinski definition) is 1. The lowest BCUT2D eigenvalue weighted by Crippen LogP contribution is -2.44. The zero-order valence-corrected chi connectivity index (χ0v) is 6.81. The van der Waals surface area contributed by atoms with E-state index in [1.807, 2.05) is 6.92 Å². The van der Waals surface area contributed by atoms with Crippen molar-refractivity contribution >= 4 is 5.78 Å². The standard InChI is InChI=1S/C9H13NO/c1-3-5-8(11)9(2)6-4-7-10-9/h1,10H,4-7H2,2H3. The van der Waals surface area contributed by atoms with Crippen LogP contribution in [0, 0.1) is 12.3 Å². The summed E-state index contributed by atoms with van der Waals surface area (Å²) in [5, 5.41) is 3.17. The quantitative estimate of drug-likeness (QED) is 0.589. The van der Waals surface area contributed by atoms with Crippen LogP contribution in [0.25, 0.3) is 0 Å². The lowest BCUT2D eigenvalue weighted by Gasteiger charge is -2.20. The first kappa shape index (κ1) is 8.29. The van der Waals surface area contributed by atoms with Gasteiger partial charge in [-0.3, -0.25) is 4.79 Å². The van der Waals surface area contributed by atoms with E-state index in [-0.39, 0.29) is 17.7 Å². The van der Waals surface area contributed by atoms with Crippen LogP contribution in [0.2, 0.25) is 0 Å². The average molecular weight is 151 g/mol. The predicted molar refractivity (Wildman–Crippen MR) is 44.1 cm³/mol. The SMILES string of the molecule is C#CCC(=O)C1(C)CCCN1. The van der Waals surface area contributed by atoms with Crippen LogP contribution in [0.5, 0.6) is 0 Å². The number of ketones is 1. The van der Waals surface area contributed by atoms with Crippen molar-refractivity contribution < 1.29 is 4.79 Å². The summed E-state index contributed by atoms with van der Waals surface area (Å²) in [6, 6.07) is 0. The largest absolute Gasteiger partial charge is 0.305 e. The maximum atomic E-state index is 11.4. The molecule has 0 bridgehead atoms. The summed E-state index contributed by atoms with van der Waals surface area (Å²) < 4.78 is 0. The van der Waals surface area contributed by atoms with E-state index in [1.54, 1.807) is 0 Å². The van der Waals surface area contributed by atoms with E-state index in [2.05, 4.69) is 11.2 Å². The first-order valence-electron chi connectivity index (χ1n) is 3.91. The number of nitrogens with one attached hydrogen (secondary N) is 1. The number of carbonyl (C=O) groups is 1. The van der Waals surface area contributed by atoms with E-state index in [0.717, 1.165) is 19.4 Å². The number of Topliss-reactive ketones (excluding diaryl/α,β-unsaturated/α-hetero) is 1. The summed E-state index contributed by atoms with van der Waals surface area (Å²) in [7, 11) is 0. The molecule has 0 amide bonds. The van der Waals surface area contributed by atoms with Crippen LogP contribution in [-0.4, -0.2) is 17.9 Å². The monoisotopic (exact) mass is 151 g/mol. The van der Waals surface area contributed by atoms with E-state index >= 15 is 0 Å². The second kappa shape index (κ2) is 3.06. The van der Waals surface area contributed by atoms with Gasteiger partial charge in [-0.15, -0.1) is 6.42 Å². The Kier molecular flexibility index (Phi) is 2.31. The number of terminal acetylenes is 1. The van der Waals surface area contributed by atoms with Gasteiger partial charge in [0.05, 0.1) is 12.0 Å². The molecular weight excluding hydrogens is 138 g/mol. The number of rotatable bonds is 2. The lowest BCUT2D eigenvalue weighted by atomic mass is 9.93. The minimum Gasteiger partial charge on any atom is -0.305 e. The van der Waals surface area contributed by atoms with Crippen LogP contribution < -0.4 is 5.32 Å². The summed E-state index contributed by atoms with van der Waals surface area (Å²) in [6.45, 7) is 2.87. The normalized spacial score (nSPS) is 29.8. The van der Waals surface area contributed by atoms with Crippen molar-refractivity contribution in [1.29, 1.82) is 0 Å². The van der Waals surface area contributed by atoms with Gasteiger partial charge in [0, 0.05) is 0 Å². The minimum absolute atomic E-state index is 0.150. The van der Waals surface area contributed by atoms with Crippen molar-refractivity contribution in [1.82, 2.24) is 5.32 Å². The zero-order valence-electron chi connectivity index (χ0n) is 6.81. The summed E-state index contributed by atoms with van der Waals surface area (Å²) >= 11 is 0. The van der Waals surface area contributed by atoms with Crippen LogP contribution in [0.15, 0.2) is 0 Å². The molecule has 1 atom stereocenters. The summed E-state index contributed by atoms with van der Waals surface area (Å²) in [5.74, 6) is 2.53. The van der Waals surface area contributed by atoms with E-state index in [4.69, 9.17) is 6.42 Å². The maximum Gasteiger partial charge on any atom is 0.164 e. The fourth-order valence-corrected chi connectivity index (χ4v) is 1.42. The Morgan fingerprint density at radius 2 is 2.55 bits per heavy atom. The van der Waals surface area contributed by atoms with Crippen molar-refractivity contribution in [2.24, 2.45) is 0 Å². The van der Waals surface area contributed by atoms with Crippen molar-refractivity contribution in [3.8, 4) is 12.3 Å². The van der Waals surface area contributed by atoms with Gasteiger partial charge >= 0.3 is 0 Å². The Labute approximate surface area is 67.4 Å². The molecule has 1 unspecified atom stereocenters. The fraction of sp³-hybridized carbons (Fsp3) is 0.667. The van der Waals surface area contributed by atoms with Gasteiger partial charge in [0.1, 0.15) is 0 Å². The smallest absolute Gasteiger partial charge is 0.164 e. The van der Waals surface area contributed by atoms with Crippen LogP contribution in [0.4, 0.5) is 0 Å². The predicted octanol–water partition coefficient (Wildman–Crippen LogP) is 0.721. The minimum atomic E-state index is -0.327. The number of hydrogen-bond acceptors (Lipinski definition) is 2. The molecule has 0 aromatic heterocycles. The van der Waals surface area contributed by atoms with Gasteiger partial charge in [0.2, 0.25) is 0 Å². The maximum absolute atomic E-state index is 11.4. The molecule has 2 nitrogen and oxygen atoms in total. The van der Waals surface area contributed by atoms with E-state index in [9.17, 15) is 4.79 Å². The highest BCUT2D eigenvalue weighted by molar-refractivity contribution is 5.90. The fourth-order valence-electron chi connectivity index (χ4n) is 1.42. The van der Waals surface area contributed by atoms with Crippen LogP contribution in [0.1, 0.15) is 26.2 Å². The molecule has 0 aromatic rings. The first-order chi connectivity index (χ1) is 5.19. The Hall–Kier alpha value is -0.810. The first-order valence-corrected chi connectivity index (χ1v) is 3.91. The topological polar surface area (TPSA) is 29.1 Å². The molecule has 1 N–H and O–H groups in total. The second-order valence-corrected chi connectivity index (χ2v) is 3.17. The molecular formula is C9H13NO. The van der Waals surface area contributed by atoms with Crippen molar-refractivity contribution in [2.45, 2.75) is 31.7 Å². The highest BCUT2D eigenvalue weighted by Crippen LogP contribution is 2.20. The Bertz CT molecular complexity index is 196. The molecule has 1 rings (SSSR count). The third-order valence-electron chi connectivity index (χ3n) is 2.25. The molecule has 2 heteroatoms. The van der Waals surface area contributed by atoms with Gasteiger partial charge in [-0.05, 0) is 26.3 Å². The lowest BCUT2D eigenvalue weighted by molar-refractivity contribution is -0.123. The van der Waals surface area contributed by atoms with Gasteiger partial charge in [-0.2, -0.15) is 0 Å². The molecule has 0 radical (unpaired) electrons. The molecule has 1 aliphatic rings. The Balaban J connectivity index is 2.58. The highest BCUT2D eigenvalue weighted by Gasteiger charge is 2.34. The molecule has 0 saturated carbocycles. The Morgan fingerprint density at radius 1 is 1.82 bits per heavy atom. The van der Waals surface area contributed by atoms with E-state index in [1.165, 1.54) is 0 Å². The van der Waals surface area contributed by atoms with Crippen molar-refractivity contribution in [3.05, 3.63) is 0 Å². The molecule has 0 spiro atoms. The van der Waals surface area contributed by atoms with Crippen molar-refractivity contribution in [2.75, 3.05) is 6.54 Å². The Morgan fingerprint density at radius 3 is 3.00 bits per heavy atom. The molecule has 1 saturated heterocycles. The molecule has 0 aromatic carbocycles. The van der Waals surface area contributed by atoms with Gasteiger partial charge in [-0.25, -0.2) is 0 Å². The molecule has 0 aliphatic carbocycles. The van der Waals surface area contributed by atoms with Gasteiger partial charge in [-0.1, -0.05) is 5.92 Å². The molecule has 60 valence electrons. The third-order valence-corrected chi connectivity index (χ3v) is 2.25. The summed E-state index contributed by atoms with van der Waals surface area (Å²) in [6.07, 6.45) is 7.31. The van der Waals surface area contributed by atoms with Crippen LogP contribution >= 0.6 is 0 Å². The van der Waals surface area contributed by atoms with Gasteiger partial charge in [0.15, 0.2) is 5.78 Å². The second-order valence-electron chi connectivity index (χ2n) is 3.17. The van der Waals surface area contributed by atoms with E-state index in [0.29, 0.717) is 0 Å². The highest BCUT2D eigenvalue weighted by atomic mass is 16.1. The van der Waals surface area contributed by atoms with Gasteiger partial charge < -0.3 is 5.32 Å². The van der Waals surface area contributed by atoms with Crippen LogP contribution in [0.3, 0.4) is 0 Å². The summed E-state index contributed by atoms with van der Waals surface area (Å²) in [5.41, 5.74) is -0.327. The number of carbonyl (C=O) groups excluding carboxylic acids is 1. The molecule has 11 heavy (non-hydrogen) atoms. The molecule has 1 heterocycles.